The molecular weight excluding hydrogens is 316 g/mol. The Morgan fingerprint density at radius 3 is 3.09 bits per heavy atom. The van der Waals surface area contributed by atoms with Gasteiger partial charge in [0.2, 0.25) is 0 Å². The van der Waals surface area contributed by atoms with Crippen molar-refractivity contribution in [2.75, 3.05) is 25.6 Å². The molecule has 0 aliphatic carbocycles. The van der Waals surface area contributed by atoms with Gasteiger partial charge in [0.15, 0.2) is 0 Å². The summed E-state index contributed by atoms with van der Waals surface area (Å²) >= 11 is 6.31. The Kier molecular flexibility index (Phi) is 4.83. The number of hydrogen-bond acceptors (Lipinski definition) is 3. The summed E-state index contributed by atoms with van der Waals surface area (Å²) in [5.74, 6) is 0. The van der Waals surface area contributed by atoms with Gasteiger partial charge in [0.25, 0.3) is 0 Å². The number of methoxy groups -OCH3 is 1. The number of benzene rings is 1. The molecule has 0 radical (unpaired) electrons. The largest absolute Gasteiger partial charge is 0.383 e. The molecule has 2 amide bonds. The van der Waals surface area contributed by atoms with Crippen LogP contribution in [0.15, 0.2) is 36.9 Å². The molecule has 2 heterocycles. The first kappa shape index (κ1) is 15.8. The van der Waals surface area contributed by atoms with Gasteiger partial charge in [-0.3, -0.25) is 0 Å². The maximum absolute atomic E-state index is 12.4. The fraction of sp³-hybridized carbons (Fsp3) is 0.375. The Labute approximate surface area is 140 Å². The second-order valence-electron chi connectivity index (χ2n) is 5.51. The summed E-state index contributed by atoms with van der Waals surface area (Å²) in [7, 11) is 1.66. The van der Waals surface area contributed by atoms with Crippen molar-refractivity contribution in [2.24, 2.45) is 0 Å². The number of nitrogens with one attached hydrogen (secondary N) is 1. The molecule has 1 atom stereocenters. The minimum absolute atomic E-state index is 0.115. The zero-order valence-corrected chi connectivity index (χ0v) is 13.7. The number of rotatable bonds is 4. The number of halogens is 1. The molecule has 1 aliphatic heterocycles. The molecule has 0 bridgehead atoms. The summed E-state index contributed by atoms with van der Waals surface area (Å²) in [6.07, 6.45) is 7.16. The quantitative estimate of drug-likeness (QED) is 0.934. The van der Waals surface area contributed by atoms with Gasteiger partial charge in [0.05, 0.1) is 29.7 Å². The molecule has 23 heavy (non-hydrogen) atoms. The van der Waals surface area contributed by atoms with E-state index in [2.05, 4.69) is 10.3 Å². The van der Waals surface area contributed by atoms with E-state index in [9.17, 15) is 4.79 Å². The van der Waals surface area contributed by atoms with Crippen molar-refractivity contribution < 1.29 is 9.53 Å². The number of carbonyl (C=O) groups excluding carboxylic acids is 1. The lowest BCUT2D eigenvalue weighted by molar-refractivity contribution is 0.128. The number of imidazole rings is 1. The van der Waals surface area contributed by atoms with E-state index in [4.69, 9.17) is 16.3 Å². The standard InChI is InChI=1S/C16H19ClN4O2/c1-23-10-13-3-2-7-21(13)16(22)19-12-4-5-15(14(17)9-12)20-8-6-18-11-20/h4-6,8-9,11,13H,2-3,7,10H2,1H3,(H,19,22)/t13-/m0/s1. The van der Waals surface area contributed by atoms with E-state index in [1.807, 2.05) is 27.8 Å². The Hall–Kier alpha value is -2.05. The maximum Gasteiger partial charge on any atom is 0.322 e. The molecule has 2 aromatic rings. The van der Waals surface area contributed by atoms with E-state index in [1.165, 1.54) is 0 Å². The first-order chi connectivity index (χ1) is 11.2. The molecule has 1 N–H and O–H groups in total. The van der Waals surface area contributed by atoms with Crippen molar-refractivity contribution in [1.82, 2.24) is 14.5 Å². The molecule has 6 nitrogen and oxygen atoms in total. The zero-order valence-electron chi connectivity index (χ0n) is 12.9. The van der Waals surface area contributed by atoms with Gasteiger partial charge in [-0.15, -0.1) is 0 Å². The van der Waals surface area contributed by atoms with Crippen LogP contribution < -0.4 is 5.32 Å². The molecule has 1 saturated heterocycles. The van der Waals surface area contributed by atoms with E-state index >= 15 is 0 Å². The maximum atomic E-state index is 12.4. The zero-order chi connectivity index (χ0) is 16.2. The third-order valence-electron chi connectivity index (χ3n) is 3.98. The molecular formula is C16H19ClN4O2. The summed E-state index contributed by atoms with van der Waals surface area (Å²) in [6.45, 7) is 1.31. The van der Waals surface area contributed by atoms with Crippen LogP contribution in [0.5, 0.6) is 0 Å². The summed E-state index contributed by atoms with van der Waals surface area (Å²) in [4.78, 5) is 18.3. The number of anilines is 1. The minimum Gasteiger partial charge on any atom is -0.383 e. The third kappa shape index (κ3) is 3.48. The lowest BCUT2D eigenvalue weighted by Crippen LogP contribution is -2.40. The van der Waals surface area contributed by atoms with Crippen molar-refractivity contribution in [3.05, 3.63) is 41.9 Å². The number of ether oxygens (including phenoxy) is 1. The lowest BCUT2D eigenvalue weighted by atomic mass is 10.2. The predicted molar refractivity (Wildman–Crippen MR) is 89.2 cm³/mol. The summed E-state index contributed by atoms with van der Waals surface area (Å²) in [5, 5.41) is 3.46. The Balaban J connectivity index is 1.70. The van der Waals surface area contributed by atoms with Crippen LogP contribution >= 0.6 is 11.6 Å². The highest BCUT2D eigenvalue weighted by molar-refractivity contribution is 6.32. The third-order valence-corrected chi connectivity index (χ3v) is 4.28. The van der Waals surface area contributed by atoms with E-state index in [0.29, 0.717) is 17.3 Å². The summed E-state index contributed by atoms with van der Waals surface area (Å²) < 4.78 is 7.00. The molecule has 0 unspecified atom stereocenters. The smallest absolute Gasteiger partial charge is 0.322 e. The summed E-state index contributed by atoms with van der Waals surface area (Å²) in [5.41, 5.74) is 1.49. The van der Waals surface area contributed by atoms with Crippen LogP contribution in [0, 0.1) is 0 Å². The normalized spacial score (nSPS) is 17.5. The number of nitrogens with zero attached hydrogens (tertiary/aromatic N) is 3. The fourth-order valence-electron chi connectivity index (χ4n) is 2.86. The molecule has 7 heteroatoms. The van der Waals surface area contributed by atoms with Gasteiger partial charge < -0.3 is 19.5 Å². The van der Waals surface area contributed by atoms with E-state index < -0.39 is 0 Å². The molecule has 1 aromatic carbocycles. The van der Waals surface area contributed by atoms with Crippen LogP contribution in [0.25, 0.3) is 5.69 Å². The molecule has 1 fully saturated rings. The molecule has 0 saturated carbocycles. The van der Waals surface area contributed by atoms with Crippen molar-refractivity contribution in [2.45, 2.75) is 18.9 Å². The van der Waals surface area contributed by atoms with Gasteiger partial charge >= 0.3 is 6.03 Å². The minimum atomic E-state index is -0.115. The van der Waals surface area contributed by atoms with Crippen LogP contribution in [-0.2, 0) is 4.74 Å². The second-order valence-corrected chi connectivity index (χ2v) is 5.92. The van der Waals surface area contributed by atoms with Gasteiger partial charge in [-0.05, 0) is 31.0 Å². The molecule has 1 aromatic heterocycles. The molecule has 0 spiro atoms. The highest BCUT2D eigenvalue weighted by Crippen LogP contribution is 2.25. The van der Waals surface area contributed by atoms with Crippen LogP contribution in [0.2, 0.25) is 5.02 Å². The number of hydrogen-bond donors (Lipinski definition) is 1. The average Bonchev–Trinajstić information content (AvgIpc) is 3.19. The Morgan fingerprint density at radius 1 is 1.52 bits per heavy atom. The van der Waals surface area contributed by atoms with Gasteiger partial charge in [0.1, 0.15) is 0 Å². The second kappa shape index (κ2) is 7.02. The number of amides is 2. The first-order valence-corrected chi connectivity index (χ1v) is 7.91. The molecule has 3 rings (SSSR count). The predicted octanol–water partition coefficient (Wildman–Crippen LogP) is 3.17. The Bertz CT molecular complexity index is 675. The highest BCUT2D eigenvalue weighted by atomic mass is 35.5. The van der Waals surface area contributed by atoms with Crippen LogP contribution in [-0.4, -0.2) is 46.8 Å². The SMILES string of the molecule is COC[C@@H]1CCCN1C(=O)Nc1ccc(-n2ccnc2)c(Cl)c1. The van der Waals surface area contributed by atoms with Crippen LogP contribution in [0.3, 0.4) is 0 Å². The van der Waals surface area contributed by atoms with Gasteiger partial charge in [-0.25, -0.2) is 9.78 Å². The topological polar surface area (TPSA) is 59.4 Å². The van der Waals surface area contributed by atoms with Crippen molar-refractivity contribution >= 4 is 23.3 Å². The monoisotopic (exact) mass is 334 g/mol. The number of urea groups is 1. The highest BCUT2D eigenvalue weighted by Gasteiger charge is 2.28. The molecule has 1 aliphatic rings. The van der Waals surface area contributed by atoms with E-state index in [-0.39, 0.29) is 12.1 Å². The number of likely N-dealkylation sites (tertiary alicyclic amines) is 1. The lowest BCUT2D eigenvalue weighted by Gasteiger charge is -2.24. The van der Waals surface area contributed by atoms with Crippen LogP contribution in [0.4, 0.5) is 10.5 Å². The summed E-state index contributed by atoms with van der Waals surface area (Å²) in [6, 6.07) is 5.46. The molecule has 122 valence electrons. The number of aromatic nitrogens is 2. The van der Waals surface area contributed by atoms with Crippen LogP contribution in [0.1, 0.15) is 12.8 Å². The first-order valence-electron chi connectivity index (χ1n) is 7.53. The van der Waals surface area contributed by atoms with Gasteiger partial charge in [-0.1, -0.05) is 11.6 Å². The van der Waals surface area contributed by atoms with E-state index in [0.717, 1.165) is 25.1 Å². The fourth-order valence-corrected chi connectivity index (χ4v) is 3.14. The number of carbonyl (C=O) groups is 1. The van der Waals surface area contributed by atoms with Gasteiger partial charge in [-0.2, -0.15) is 0 Å². The average molecular weight is 335 g/mol. The Morgan fingerprint density at radius 2 is 2.39 bits per heavy atom. The van der Waals surface area contributed by atoms with Crippen molar-refractivity contribution in [1.29, 1.82) is 0 Å². The van der Waals surface area contributed by atoms with Crippen molar-refractivity contribution in [3.8, 4) is 5.69 Å². The van der Waals surface area contributed by atoms with Gasteiger partial charge in [0, 0.05) is 31.7 Å². The van der Waals surface area contributed by atoms with Crippen molar-refractivity contribution in [3.63, 3.8) is 0 Å². The van der Waals surface area contributed by atoms with E-state index in [1.54, 1.807) is 25.7 Å².